The van der Waals surface area contributed by atoms with Crippen LogP contribution in [-0.2, 0) is 9.53 Å². The van der Waals surface area contributed by atoms with E-state index in [2.05, 4.69) is 0 Å². The molecule has 1 aromatic carbocycles. The van der Waals surface area contributed by atoms with Gasteiger partial charge in [0.2, 0.25) is 0 Å². The van der Waals surface area contributed by atoms with E-state index in [0.29, 0.717) is 17.5 Å². The van der Waals surface area contributed by atoms with Gasteiger partial charge in [0.25, 0.3) is 17.7 Å². The van der Waals surface area contributed by atoms with Crippen LogP contribution in [0.2, 0.25) is 0 Å². The van der Waals surface area contributed by atoms with Gasteiger partial charge < -0.3 is 4.74 Å². The number of imide groups is 2. The average Bonchev–Trinajstić information content (AvgIpc) is 3.29. The van der Waals surface area contributed by atoms with Crippen molar-refractivity contribution in [1.82, 2.24) is 9.80 Å². The van der Waals surface area contributed by atoms with Crippen molar-refractivity contribution in [1.29, 1.82) is 0 Å². The molecule has 136 valence electrons. The number of hydrogen-bond acceptors (Lipinski definition) is 5. The van der Waals surface area contributed by atoms with Crippen LogP contribution >= 0.6 is 0 Å². The standard InChI is InChI=1S/C19H20N2O5/c1-19(2,3)26-18(25)20-9-10-8-13(10)14(17(20)24)21-15(22)11-6-4-5-7-12(11)16(21)23/h4-7,10,13-14H,8-9H2,1-3H3/t10-,13-,14+/m0/s1. The zero-order valence-corrected chi connectivity index (χ0v) is 14.9. The van der Waals surface area contributed by atoms with Crippen LogP contribution in [0.5, 0.6) is 0 Å². The van der Waals surface area contributed by atoms with E-state index in [9.17, 15) is 19.2 Å². The average molecular weight is 356 g/mol. The van der Waals surface area contributed by atoms with E-state index in [1.165, 1.54) is 0 Å². The number of likely N-dealkylation sites (tertiary alicyclic amines) is 1. The summed E-state index contributed by atoms with van der Waals surface area (Å²) < 4.78 is 5.32. The molecule has 2 aliphatic heterocycles. The lowest BCUT2D eigenvalue weighted by Crippen LogP contribution is -2.57. The first kappa shape index (κ1) is 16.8. The number of carbonyl (C=O) groups is 4. The zero-order valence-electron chi connectivity index (χ0n) is 14.9. The van der Waals surface area contributed by atoms with Gasteiger partial charge in [-0.3, -0.25) is 19.3 Å². The van der Waals surface area contributed by atoms with E-state index in [1.807, 2.05) is 0 Å². The molecule has 0 bridgehead atoms. The molecule has 7 heteroatoms. The number of carbonyl (C=O) groups excluding carboxylic acids is 4. The van der Waals surface area contributed by atoms with Crippen molar-refractivity contribution >= 4 is 23.8 Å². The Labute approximate surface area is 150 Å². The molecule has 7 nitrogen and oxygen atoms in total. The van der Waals surface area contributed by atoms with Crippen molar-refractivity contribution in [3.63, 3.8) is 0 Å². The first-order chi connectivity index (χ1) is 12.2. The summed E-state index contributed by atoms with van der Waals surface area (Å²) in [6.07, 6.45) is -0.0159. The van der Waals surface area contributed by atoms with Crippen molar-refractivity contribution in [2.24, 2.45) is 11.8 Å². The van der Waals surface area contributed by atoms with E-state index >= 15 is 0 Å². The van der Waals surface area contributed by atoms with Crippen LogP contribution in [0.25, 0.3) is 0 Å². The van der Waals surface area contributed by atoms with Crippen molar-refractivity contribution in [2.45, 2.75) is 38.8 Å². The molecule has 0 radical (unpaired) electrons. The highest BCUT2D eigenvalue weighted by molar-refractivity contribution is 6.23. The second kappa shape index (κ2) is 5.40. The molecule has 0 aromatic heterocycles. The molecule has 0 N–H and O–H groups in total. The molecule has 3 aliphatic rings. The molecular weight excluding hydrogens is 336 g/mol. The Morgan fingerprint density at radius 1 is 1.08 bits per heavy atom. The highest BCUT2D eigenvalue weighted by Crippen LogP contribution is 2.49. The lowest BCUT2D eigenvalue weighted by molar-refractivity contribution is -0.137. The molecule has 1 saturated heterocycles. The SMILES string of the molecule is CC(C)(C)OC(=O)N1C[C@@H]2C[C@@H]2[C@@H](N2C(=O)c3ccccc3C2=O)C1=O. The smallest absolute Gasteiger partial charge is 0.417 e. The lowest BCUT2D eigenvalue weighted by Gasteiger charge is -2.35. The minimum Gasteiger partial charge on any atom is -0.443 e. The topological polar surface area (TPSA) is 84.0 Å². The van der Waals surface area contributed by atoms with Gasteiger partial charge in [-0.15, -0.1) is 0 Å². The molecule has 2 fully saturated rings. The van der Waals surface area contributed by atoms with Crippen LogP contribution in [0.1, 0.15) is 47.9 Å². The van der Waals surface area contributed by atoms with Crippen molar-refractivity contribution < 1.29 is 23.9 Å². The molecule has 4 amide bonds. The predicted molar refractivity (Wildman–Crippen MR) is 90.3 cm³/mol. The molecule has 0 spiro atoms. The molecule has 4 rings (SSSR count). The van der Waals surface area contributed by atoms with Gasteiger partial charge in [0.1, 0.15) is 11.6 Å². The lowest BCUT2D eigenvalue weighted by atomic mass is 10.0. The molecule has 2 heterocycles. The zero-order chi connectivity index (χ0) is 18.8. The van der Waals surface area contributed by atoms with Crippen LogP contribution in [0.3, 0.4) is 0 Å². The first-order valence-corrected chi connectivity index (χ1v) is 8.70. The van der Waals surface area contributed by atoms with Crippen LogP contribution in [0.4, 0.5) is 4.79 Å². The van der Waals surface area contributed by atoms with Crippen LogP contribution in [0, 0.1) is 11.8 Å². The summed E-state index contributed by atoms with van der Waals surface area (Å²) in [6, 6.07) is 5.60. The number of benzene rings is 1. The number of amides is 4. The van der Waals surface area contributed by atoms with Crippen LogP contribution in [0.15, 0.2) is 24.3 Å². The summed E-state index contributed by atoms with van der Waals surface area (Å²) in [5.41, 5.74) is -0.128. The fourth-order valence-electron chi connectivity index (χ4n) is 3.78. The number of piperidine rings is 1. The first-order valence-electron chi connectivity index (χ1n) is 8.70. The Morgan fingerprint density at radius 2 is 1.65 bits per heavy atom. The van der Waals surface area contributed by atoms with E-state index in [-0.39, 0.29) is 18.4 Å². The van der Waals surface area contributed by atoms with Crippen molar-refractivity contribution in [3.8, 4) is 0 Å². The van der Waals surface area contributed by atoms with Gasteiger partial charge in [0.15, 0.2) is 0 Å². The largest absolute Gasteiger partial charge is 0.443 e. The van der Waals surface area contributed by atoms with E-state index in [1.54, 1.807) is 45.0 Å². The molecule has 26 heavy (non-hydrogen) atoms. The summed E-state index contributed by atoms with van der Waals surface area (Å²) in [5, 5.41) is 0. The second-order valence-corrected chi connectivity index (χ2v) is 8.06. The fourth-order valence-corrected chi connectivity index (χ4v) is 3.78. The Balaban J connectivity index is 1.63. The minimum atomic E-state index is -0.936. The number of rotatable bonds is 1. The molecule has 3 atom stereocenters. The third-order valence-corrected chi connectivity index (χ3v) is 5.04. The fraction of sp³-hybridized carbons (Fsp3) is 0.474. The molecule has 1 aliphatic carbocycles. The Kier molecular flexibility index (Phi) is 3.48. The number of ether oxygens (including phenoxy) is 1. The highest BCUT2D eigenvalue weighted by Gasteiger charge is 2.59. The summed E-state index contributed by atoms with van der Waals surface area (Å²) in [7, 11) is 0. The van der Waals surface area contributed by atoms with E-state index < -0.39 is 35.5 Å². The molecule has 1 aromatic rings. The molecule has 1 saturated carbocycles. The Morgan fingerprint density at radius 3 is 2.19 bits per heavy atom. The number of fused-ring (bicyclic) bond motifs is 2. The maximum Gasteiger partial charge on any atom is 0.417 e. The Hall–Kier alpha value is -2.70. The van der Waals surface area contributed by atoms with Crippen LogP contribution in [-0.4, -0.2) is 51.8 Å². The third kappa shape index (κ3) is 2.50. The van der Waals surface area contributed by atoms with Gasteiger partial charge in [0.05, 0.1) is 11.1 Å². The monoisotopic (exact) mass is 356 g/mol. The molecule has 0 unspecified atom stereocenters. The van der Waals surface area contributed by atoms with Gasteiger partial charge in [-0.05, 0) is 51.2 Å². The second-order valence-electron chi connectivity index (χ2n) is 8.06. The maximum atomic E-state index is 13.0. The summed E-state index contributed by atoms with van der Waals surface area (Å²) in [4.78, 5) is 53.0. The third-order valence-electron chi connectivity index (χ3n) is 5.04. The van der Waals surface area contributed by atoms with Gasteiger partial charge in [0, 0.05) is 6.54 Å². The van der Waals surface area contributed by atoms with Gasteiger partial charge in [-0.25, -0.2) is 9.69 Å². The predicted octanol–water partition coefficient (Wildman–Crippen LogP) is 2.06. The number of nitrogens with zero attached hydrogens (tertiary/aromatic N) is 2. The summed E-state index contributed by atoms with van der Waals surface area (Å²) in [5.74, 6) is -1.45. The quantitative estimate of drug-likeness (QED) is 0.719. The van der Waals surface area contributed by atoms with Gasteiger partial charge >= 0.3 is 6.09 Å². The molecular formula is C19H20N2O5. The van der Waals surface area contributed by atoms with E-state index in [0.717, 1.165) is 9.80 Å². The van der Waals surface area contributed by atoms with Crippen molar-refractivity contribution in [3.05, 3.63) is 35.4 Å². The van der Waals surface area contributed by atoms with E-state index in [4.69, 9.17) is 4.74 Å². The maximum absolute atomic E-state index is 13.0. The van der Waals surface area contributed by atoms with Crippen LogP contribution < -0.4 is 0 Å². The van der Waals surface area contributed by atoms with Gasteiger partial charge in [-0.2, -0.15) is 0 Å². The van der Waals surface area contributed by atoms with Crippen molar-refractivity contribution in [2.75, 3.05) is 6.54 Å². The normalized spacial score (nSPS) is 27.3. The van der Waals surface area contributed by atoms with Gasteiger partial charge in [-0.1, -0.05) is 12.1 Å². The summed E-state index contributed by atoms with van der Waals surface area (Å²) in [6.45, 7) is 5.45. The minimum absolute atomic E-state index is 0.0802. The Bertz CT molecular complexity index is 806. The summed E-state index contributed by atoms with van der Waals surface area (Å²) >= 11 is 0. The highest BCUT2D eigenvalue weighted by atomic mass is 16.6. The number of hydrogen-bond donors (Lipinski definition) is 0.